The first-order chi connectivity index (χ1) is 10.3. The van der Waals surface area contributed by atoms with Crippen LogP contribution in [-0.2, 0) is 0 Å². The van der Waals surface area contributed by atoms with Gasteiger partial charge in [-0.25, -0.2) is 4.39 Å². The second-order valence-electron chi connectivity index (χ2n) is 5.66. The molecule has 1 heterocycles. The minimum absolute atomic E-state index is 0. The van der Waals surface area contributed by atoms with Crippen LogP contribution in [0.25, 0.3) is 0 Å². The van der Waals surface area contributed by atoms with Gasteiger partial charge < -0.3 is 10.1 Å². The second-order valence-corrected chi connectivity index (χ2v) is 5.66. The average Bonchev–Trinajstić information content (AvgIpc) is 2.52. The molecule has 0 bridgehead atoms. The number of nitrogens with zero attached hydrogens (tertiary/aromatic N) is 1. The number of piperazine rings is 1. The van der Waals surface area contributed by atoms with Gasteiger partial charge in [0.05, 0.1) is 7.11 Å². The van der Waals surface area contributed by atoms with Crippen molar-refractivity contribution in [2.75, 3.05) is 33.3 Å². The summed E-state index contributed by atoms with van der Waals surface area (Å²) in [5.74, 6) is 0.156. The summed E-state index contributed by atoms with van der Waals surface area (Å²) in [6.45, 7) is 6.24. The maximum atomic E-state index is 14.0. The molecule has 3 nitrogen and oxygen atoms in total. The molecule has 23 heavy (non-hydrogen) atoms. The first kappa shape index (κ1) is 22.4. The van der Waals surface area contributed by atoms with Crippen LogP contribution in [0.15, 0.2) is 18.2 Å². The first-order valence-electron chi connectivity index (χ1n) is 8.05. The molecule has 2 rings (SSSR count). The summed E-state index contributed by atoms with van der Waals surface area (Å²) in [6.07, 6.45) is 4.66. The van der Waals surface area contributed by atoms with E-state index in [0.29, 0.717) is 5.75 Å². The Morgan fingerprint density at radius 3 is 2.52 bits per heavy atom. The Morgan fingerprint density at radius 1 is 1.22 bits per heavy atom. The molecule has 6 heteroatoms. The van der Waals surface area contributed by atoms with Crippen LogP contribution in [0.3, 0.4) is 0 Å². The van der Waals surface area contributed by atoms with Crippen molar-refractivity contribution in [1.82, 2.24) is 10.2 Å². The van der Waals surface area contributed by atoms with Crippen molar-refractivity contribution in [3.63, 3.8) is 0 Å². The molecule has 0 aliphatic carbocycles. The Balaban J connectivity index is 0.00000242. The number of halogens is 3. The Morgan fingerprint density at radius 2 is 1.91 bits per heavy atom. The zero-order valence-electron chi connectivity index (χ0n) is 14.0. The van der Waals surface area contributed by atoms with Gasteiger partial charge in [0.2, 0.25) is 0 Å². The van der Waals surface area contributed by atoms with Crippen molar-refractivity contribution in [2.45, 2.75) is 38.6 Å². The van der Waals surface area contributed by atoms with E-state index in [1.165, 1.54) is 25.3 Å². The van der Waals surface area contributed by atoms with Gasteiger partial charge in [-0.15, -0.1) is 24.8 Å². The highest BCUT2D eigenvalue weighted by Gasteiger charge is 2.25. The largest absolute Gasteiger partial charge is 0.493 e. The van der Waals surface area contributed by atoms with Crippen LogP contribution < -0.4 is 10.1 Å². The molecule has 0 spiro atoms. The summed E-state index contributed by atoms with van der Waals surface area (Å²) in [5, 5.41) is 3.38. The molecular formula is C17H29Cl2FN2O. The van der Waals surface area contributed by atoms with Gasteiger partial charge in [-0.05, 0) is 12.5 Å². The number of para-hydroxylation sites is 1. The molecule has 1 aliphatic heterocycles. The number of unbranched alkanes of at least 4 members (excludes halogenated alkanes) is 2. The summed E-state index contributed by atoms with van der Waals surface area (Å²) in [7, 11) is 1.56. The van der Waals surface area contributed by atoms with E-state index in [1.807, 2.05) is 6.07 Å². The smallest absolute Gasteiger partial charge is 0.165 e. The number of ether oxygens (including phenoxy) is 1. The lowest BCUT2D eigenvalue weighted by atomic mass is 9.97. The normalized spacial score (nSPS) is 16.1. The molecule has 1 aromatic carbocycles. The zero-order chi connectivity index (χ0) is 15.1. The van der Waals surface area contributed by atoms with Gasteiger partial charge >= 0.3 is 0 Å². The Kier molecular flexibility index (Phi) is 11.6. The lowest BCUT2D eigenvalue weighted by Gasteiger charge is -2.36. The van der Waals surface area contributed by atoms with Crippen molar-refractivity contribution in [2.24, 2.45) is 0 Å². The second kappa shape index (κ2) is 11.9. The molecule has 0 radical (unpaired) electrons. The monoisotopic (exact) mass is 366 g/mol. The Hall–Kier alpha value is -0.550. The molecule has 1 atom stereocenters. The molecule has 0 aromatic heterocycles. The average molecular weight is 367 g/mol. The maximum absolute atomic E-state index is 14.0. The van der Waals surface area contributed by atoms with Gasteiger partial charge in [-0.3, -0.25) is 4.90 Å². The van der Waals surface area contributed by atoms with E-state index in [1.54, 1.807) is 13.2 Å². The molecule has 1 aromatic rings. The minimum Gasteiger partial charge on any atom is -0.493 e. The van der Waals surface area contributed by atoms with E-state index < -0.39 is 0 Å². The van der Waals surface area contributed by atoms with Gasteiger partial charge in [-0.1, -0.05) is 38.3 Å². The Bertz CT molecular complexity index is 443. The standard InChI is InChI=1S/C17H27FN2O.2ClH/c1-3-4-5-9-16(20-12-10-19-11-13-20)14-7-6-8-15(18)17(14)21-2;;/h6-8,16,19H,3-5,9-13H2,1-2H3;2*1H/t16-;;/m1../s1. The molecule has 1 saturated heterocycles. The van der Waals surface area contributed by atoms with E-state index in [0.717, 1.165) is 38.2 Å². The van der Waals surface area contributed by atoms with Gasteiger partial charge in [0.1, 0.15) is 0 Å². The Labute approximate surface area is 151 Å². The predicted molar refractivity (Wildman–Crippen MR) is 98.8 cm³/mol. The summed E-state index contributed by atoms with van der Waals surface area (Å²) < 4.78 is 19.3. The van der Waals surface area contributed by atoms with Gasteiger partial charge in [-0.2, -0.15) is 0 Å². The fraction of sp³-hybridized carbons (Fsp3) is 0.647. The quantitative estimate of drug-likeness (QED) is 0.731. The van der Waals surface area contributed by atoms with Gasteiger partial charge in [0, 0.05) is 37.8 Å². The number of nitrogens with one attached hydrogen (secondary N) is 1. The molecular weight excluding hydrogens is 338 g/mol. The number of benzene rings is 1. The van der Waals surface area contributed by atoms with E-state index in [9.17, 15) is 4.39 Å². The number of hydrogen-bond donors (Lipinski definition) is 1. The highest BCUT2D eigenvalue weighted by atomic mass is 35.5. The van der Waals surface area contributed by atoms with Crippen molar-refractivity contribution in [3.05, 3.63) is 29.6 Å². The third kappa shape index (κ3) is 6.11. The van der Waals surface area contributed by atoms with Crippen LogP contribution in [-0.4, -0.2) is 38.2 Å². The molecule has 134 valence electrons. The van der Waals surface area contributed by atoms with Gasteiger partial charge in [0.25, 0.3) is 0 Å². The fourth-order valence-corrected chi connectivity index (χ4v) is 3.12. The van der Waals surface area contributed by atoms with E-state index in [2.05, 4.69) is 17.1 Å². The summed E-state index contributed by atoms with van der Waals surface area (Å²) >= 11 is 0. The van der Waals surface area contributed by atoms with Crippen LogP contribution in [0.5, 0.6) is 5.75 Å². The minimum atomic E-state index is -0.259. The topological polar surface area (TPSA) is 24.5 Å². The molecule has 0 saturated carbocycles. The lowest BCUT2D eigenvalue weighted by molar-refractivity contribution is 0.159. The lowest BCUT2D eigenvalue weighted by Crippen LogP contribution is -2.45. The SMILES string of the molecule is CCCCC[C@H](c1cccc(F)c1OC)N1CCNCC1.Cl.Cl. The molecule has 1 fully saturated rings. The van der Waals surface area contributed by atoms with Crippen molar-refractivity contribution in [3.8, 4) is 5.75 Å². The number of methoxy groups -OCH3 is 1. The molecule has 0 unspecified atom stereocenters. The third-order valence-electron chi connectivity index (χ3n) is 4.23. The van der Waals surface area contributed by atoms with E-state index in [4.69, 9.17) is 4.74 Å². The molecule has 1 N–H and O–H groups in total. The fourth-order valence-electron chi connectivity index (χ4n) is 3.12. The maximum Gasteiger partial charge on any atom is 0.165 e. The number of rotatable bonds is 7. The summed E-state index contributed by atoms with van der Waals surface area (Å²) in [4.78, 5) is 2.46. The van der Waals surface area contributed by atoms with Crippen LogP contribution in [0.2, 0.25) is 0 Å². The van der Waals surface area contributed by atoms with Gasteiger partial charge in [0.15, 0.2) is 11.6 Å². The van der Waals surface area contributed by atoms with E-state index >= 15 is 0 Å². The van der Waals surface area contributed by atoms with Crippen LogP contribution in [0, 0.1) is 5.82 Å². The highest BCUT2D eigenvalue weighted by molar-refractivity contribution is 5.85. The summed E-state index contributed by atoms with van der Waals surface area (Å²) in [5.41, 5.74) is 0.996. The van der Waals surface area contributed by atoms with Crippen molar-refractivity contribution >= 4 is 24.8 Å². The van der Waals surface area contributed by atoms with Crippen LogP contribution in [0.4, 0.5) is 4.39 Å². The molecule has 1 aliphatic rings. The van der Waals surface area contributed by atoms with Crippen molar-refractivity contribution < 1.29 is 9.13 Å². The van der Waals surface area contributed by atoms with E-state index in [-0.39, 0.29) is 36.7 Å². The third-order valence-corrected chi connectivity index (χ3v) is 4.23. The van der Waals surface area contributed by atoms with Crippen molar-refractivity contribution in [1.29, 1.82) is 0 Å². The van der Waals surface area contributed by atoms with Crippen LogP contribution >= 0.6 is 24.8 Å². The highest BCUT2D eigenvalue weighted by Crippen LogP contribution is 2.35. The molecule has 0 amide bonds. The zero-order valence-corrected chi connectivity index (χ0v) is 15.6. The number of hydrogen-bond acceptors (Lipinski definition) is 3. The summed E-state index contributed by atoms with van der Waals surface area (Å²) in [6, 6.07) is 5.54. The van der Waals surface area contributed by atoms with Crippen LogP contribution in [0.1, 0.15) is 44.2 Å². The first-order valence-corrected chi connectivity index (χ1v) is 8.05. The predicted octanol–water partition coefficient (Wildman–Crippen LogP) is 4.20.